The molecule has 1 aliphatic heterocycles. The van der Waals surface area contributed by atoms with E-state index in [0.717, 1.165) is 36.8 Å². The van der Waals surface area contributed by atoms with E-state index in [0.29, 0.717) is 13.2 Å². The molecule has 0 amide bonds. The van der Waals surface area contributed by atoms with Crippen LogP contribution in [0.5, 0.6) is 17.2 Å². The average molecular weight is 279 g/mol. The minimum absolute atomic E-state index is 0.164. The Morgan fingerprint density at radius 2 is 2.15 bits per heavy atom. The van der Waals surface area contributed by atoms with E-state index < -0.39 is 0 Å². The van der Waals surface area contributed by atoms with Crippen LogP contribution in [0.1, 0.15) is 6.42 Å². The maximum Gasteiger partial charge on any atom is 0.231 e. The molecule has 110 valence electrons. The Labute approximate surface area is 119 Å². The van der Waals surface area contributed by atoms with Crippen molar-refractivity contribution < 1.29 is 19.3 Å². The minimum atomic E-state index is 0.164. The van der Waals surface area contributed by atoms with Gasteiger partial charge in [-0.1, -0.05) is 6.08 Å². The Hall–Kier alpha value is -1.72. The Morgan fingerprint density at radius 1 is 1.30 bits per heavy atom. The van der Waals surface area contributed by atoms with Crippen LogP contribution in [0, 0.1) is 0 Å². The number of hydrogen-bond acceptors (Lipinski definition) is 5. The molecule has 0 spiro atoms. The predicted octanol–water partition coefficient (Wildman–Crippen LogP) is 1.66. The van der Waals surface area contributed by atoms with Crippen molar-refractivity contribution in [1.82, 2.24) is 4.90 Å². The zero-order valence-electron chi connectivity index (χ0n) is 11.6. The van der Waals surface area contributed by atoms with Crippen molar-refractivity contribution in [2.24, 2.45) is 0 Å². The van der Waals surface area contributed by atoms with Crippen molar-refractivity contribution in [3.63, 3.8) is 0 Å². The number of aliphatic hydroxyl groups is 1. The Balaban J connectivity index is 1.71. The number of rotatable bonds is 9. The SMILES string of the molecule is C=CCN(CCO)CCCOc1ccc2c(c1)OCO2. The molecule has 20 heavy (non-hydrogen) atoms. The zero-order chi connectivity index (χ0) is 14.2. The van der Waals surface area contributed by atoms with Gasteiger partial charge in [-0.05, 0) is 18.6 Å². The first-order valence-electron chi connectivity index (χ1n) is 6.80. The number of fused-ring (bicyclic) bond motifs is 1. The molecule has 5 nitrogen and oxygen atoms in total. The van der Waals surface area contributed by atoms with Gasteiger partial charge in [0.05, 0.1) is 13.2 Å². The molecule has 1 aromatic carbocycles. The summed E-state index contributed by atoms with van der Waals surface area (Å²) >= 11 is 0. The molecule has 0 aliphatic carbocycles. The average Bonchev–Trinajstić information content (AvgIpc) is 2.91. The lowest BCUT2D eigenvalue weighted by atomic mass is 10.3. The van der Waals surface area contributed by atoms with Crippen LogP contribution in [0.2, 0.25) is 0 Å². The van der Waals surface area contributed by atoms with Crippen LogP contribution in [0.3, 0.4) is 0 Å². The number of nitrogens with zero attached hydrogens (tertiary/aromatic N) is 1. The molecule has 0 aromatic heterocycles. The molecule has 1 aromatic rings. The van der Waals surface area contributed by atoms with Crippen molar-refractivity contribution in [2.45, 2.75) is 6.42 Å². The van der Waals surface area contributed by atoms with Crippen LogP contribution >= 0.6 is 0 Å². The largest absolute Gasteiger partial charge is 0.493 e. The summed E-state index contributed by atoms with van der Waals surface area (Å²) in [5.74, 6) is 2.28. The summed E-state index contributed by atoms with van der Waals surface area (Å²) in [7, 11) is 0. The van der Waals surface area contributed by atoms with E-state index >= 15 is 0 Å². The molecule has 0 saturated carbocycles. The highest BCUT2D eigenvalue weighted by Crippen LogP contribution is 2.35. The summed E-state index contributed by atoms with van der Waals surface area (Å²) in [6, 6.07) is 5.58. The maximum absolute atomic E-state index is 8.95. The van der Waals surface area contributed by atoms with Crippen molar-refractivity contribution >= 4 is 0 Å². The lowest BCUT2D eigenvalue weighted by Crippen LogP contribution is -2.29. The second-order valence-electron chi connectivity index (χ2n) is 4.53. The molecular weight excluding hydrogens is 258 g/mol. The number of benzene rings is 1. The summed E-state index contributed by atoms with van der Waals surface area (Å²) in [6.45, 7) is 7.09. The van der Waals surface area contributed by atoms with E-state index in [1.807, 2.05) is 24.3 Å². The van der Waals surface area contributed by atoms with E-state index in [1.54, 1.807) is 0 Å². The van der Waals surface area contributed by atoms with Gasteiger partial charge in [-0.2, -0.15) is 0 Å². The third-order valence-electron chi connectivity index (χ3n) is 3.03. The minimum Gasteiger partial charge on any atom is -0.493 e. The van der Waals surface area contributed by atoms with Gasteiger partial charge >= 0.3 is 0 Å². The van der Waals surface area contributed by atoms with Crippen LogP contribution in [0.25, 0.3) is 0 Å². The smallest absolute Gasteiger partial charge is 0.231 e. The third kappa shape index (κ3) is 4.15. The normalized spacial score (nSPS) is 12.7. The first-order valence-corrected chi connectivity index (χ1v) is 6.80. The topological polar surface area (TPSA) is 51.2 Å². The molecule has 0 bridgehead atoms. The molecule has 0 fully saturated rings. The van der Waals surface area contributed by atoms with Gasteiger partial charge < -0.3 is 19.3 Å². The molecule has 0 radical (unpaired) electrons. The van der Waals surface area contributed by atoms with Gasteiger partial charge in [0, 0.05) is 25.7 Å². The summed E-state index contributed by atoms with van der Waals surface area (Å²) in [6.07, 6.45) is 2.73. The third-order valence-corrected chi connectivity index (χ3v) is 3.03. The highest BCUT2D eigenvalue weighted by molar-refractivity contribution is 5.46. The highest BCUT2D eigenvalue weighted by atomic mass is 16.7. The molecule has 1 heterocycles. The Bertz CT molecular complexity index is 436. The lowest BCUT2D eigenvalue weighted by Gasteiger charge is -2.19. The number of aliphatic hydroxyl groups excluding tert-OH is 1. The van der Waals surface area contributed by atoms with Crippen molar-refractivity contribution in [1.29, 1.82) is 0 Å². The van der Waals surface area contributed by atoms with E-state index in [2.05, 4.69) is 11.5 Å². The van der Waals surface area contributed by atoms with Crippen molar-refractivity contribution in [3.8, 4) is 17.2 Å². The van der Waals surface area contributed by atoms with E-state index in [-0.39, 0.29) is 13.4 Å². The van der Waals surface area contributed by atoms with Crippen LogP contribution in [0.15, 0.2) is 30.9 Å². The van der Waals surface area contributed by atoms with Gasteiger partial charge in [-0.25, -0.2) is 0 Å². The van der Waals surface area contributed by atoms with Crippen molar-refractivity contribution in [2.75, 3.05) is 39.6 Å². The summed E-state index contributed by atoms with van der Waals surface area (Å²) < 4.78 is 16.2. The fraction of sp³-hybridized carbons (Fsp3) is 0.467. The highest BCUT2D eigenvalue weighted by Gasteiger charge is 2.13. The molecule has 0 unspecified atom stereocenters. The van der Waals surface area contributed by atoms with Gasteiger partial charge in [-0.3, -0.25) is 4.90 Å². The standard InChI is InChI=1S/C15H21NO4/c1-2-6-16(8-9-17)7-3-10-18-13-4-5-14-15(11-13)20-12-19-14/h2,4-5,11,17H,1,3,6-10,12H2. The van der Waals surface area contributed by atoms with Crippen LogP contribution < -0.4 is 14.2 Å². The second-order valence-corrected chi connectivity index (χ2v) is 4.53. The van der Waals surface area contributed by atoms with E-state index in [9.17, 15) is 0 Å². The molecule has 5 heteroatoms. The van der Waals surface area contributed by atoms with Gasteiger partial charge in [0.15, 0.2) is 11.5 Å². The summed E-state index contributed by atoms with van der Waals surface area (Å²) in [5, 5.41) is 8.95. The summed E-state index contributed by atoms with van der Waals surface area (Å²) in [4.78, 5) is 2.13. The van der Waals surface area contributed by atoms with Crippen LogP contribution in [-0.4, -0.2) is 49.6 Å². The van der Waals surface area contributed by atoms with Gasteiger partial charge in [0.25, 0.3) is 0 Å². The Kier molecular flexibility index (Phi) is 5.70. The molecule has 1 aliphatic rings. The lowest BCUT2D eigenvalue weighted by molar-refractivity contribution is 0.173. The summed E-state index contributed by atoms with van der Waals surface area (Å²) in [5.41, 5.74) is 0. The monoisotopic (exact) mass is 279 g/mol. The predicted molar refractivity (Wildman–Crippen MR) is 76.4 cm³/mol. The second kappa shape index (κ2) is 7.77. The molecule has 0 saturated heterocycles. The van der Waals surface area contributed by atoms with Gasteiger partial charge in [0.2, 0.25) is 6.79 Å². The molecule has 2 rings (SSSR count). The number of ether oxygens (including phenoxy) is 3. The van der Waals surface area contributed by atoms with Crippen LogP contribution in [-0.2, 0) is 0 Å². The fourth-order valence-electron chi connectivity index (χ4n) is 2.06. The van der Waals surface area contributed by atoms with Crippen molar-refractivity contribution in [3.05, 3.63) is 30.9 Å². The first kappa shape index (κ1) is 14.7. The fourth-order valence-corrected chi connectivity index (χ4v) is 2.06. The number of hydrogen-bond donors (Lipinski definition) is 1. The van der Waals surface area contributed by atoms with E-state index in [1.165, 1.54) is 0 Å². The molecule has 0 atom stereocenters. The van der Waals surface area contributed by atoms with E-state index in [4.69, 9.17) is 19.3 Å². The Morgan fingerprint density at radius 3 is 2.95 bits per heavy atom. The first-order chi connectivity index (χ1) is 9.83. The molecular formula is C15H21NO4. The maximum atomic E-state index is 8.95. The zero-order valence-corrected chi connectivity index (χ0v) is 11.6. The van der Waals surface area contributed by atoms with Crippen LogP contribution in [0.4, 0.5) is 0 Å². The molecule has 1 N–H and O–H groups in total. The van der Waals surface area contributed by atoms with Gasteiger partial charge in [-0.15, -0.1) is 6.58 Å². The quantitative estimate of drug-likeness (QED) is 0.550. The van der Waals surface area contributed by atoms with Gasteiger partial charge in [0.1, 0.15) is 5.75 Å².